The SMILES string of the molecule is CC/C=C\C/C=C\C/C=C\C/C=C\C/C=C\C/C=C\C/C=C\C/C=C\CCCCC(=O)OCC(COC(=O)CCCCCCC/C=C\CCCCC)OC(=O)CCCCCCCC/C=C\C/C=C\C/C=C\C/C=C\C/C=C\C/C=C\CC. The van der Waals surface area contributed by atoms with Crippen molar-refractivity contribution in [3.63, 3.8) is 0 Å². The minimum Gasteiger partial charge on any atom is -0.462 e. The minimum absolute atomic E-state index is 0.111. The fourth-order valence-electron chi connectivity index (χ4n) is 8.28. The van der Waals surface area contributed by atoms with Crippen LogP contribution in [0.15, 0.2) is 182 Å². The van der Waals surface area contributed by atoms with Crippen molar-refractivity contribution in [3.8, 4) is 0 Å². The lowest BCUT2D eigenvalue weighted by Crippen LogP contribution is -2.30. The number of ether oxygens (including phenoxy) is 3. The molecule has 0 aliphatic rings. The highest BCUT2D eigenvalue weighted by Crippen LogP contribution is 2.13. The fraction of sp³-hybridized carbons (Fsp3) is 0.566. The summed E-state index contributed by atoms with van der Waals surface area (Å²) in [6, 6.07) is 0. The van der Waals surface area contributed by atoms with Gasteiger partial charge in [-0.2, -0.15) is 0 Å². The molecular weight excluding hydrogens is 1010 g/mol. The van der Waals surface area contributed by atoms with E-state index in [1.54, 1.807) is 0 Å². The first-order valence-electron chi connectivity index (χ1n) is 32.8. The quantitative estimate of drug-likeness (QED) is 0.0261. The van der Waals surface area contributed by atoms with E-state index in [1.807, 2.05) is 0 Å². The molecule has 0 saturated carbocycles. The molecule has 458 valence electrons. The number of allylic oxidation sites excluding steroid dienone is 30. The summed E-state index contributed by atoms with van der Waals surface area (Å²) in [6.45, 7) is 6.32. The molecule has 0 saturated heterocycles. The van der Waals surface area contributed by atoms with Gasteiger partial charge in [-0.25, -0.2) is 0 Å². The third-order valence-corrected chi connectivity index (χ3v) is 13.1. The summed E-state index contributed by atoms with van der Waals surface area (Å²) in [4.78, 5) is 38.3. The topological polar surface area (TPSA) is 78.9 Å². The van der Waals surface area contributed by atoms with Crippen molar-refractivity contribution in [2.24, 2.45) is 0 Å². The Bertz CT molecular complexity index is 1920. The van der Waals surface area contributed by atoms with Gasteiger partial charge in [0.25, 0.3) is 0 Å². The van der Waals surface area contributed by atoms with Crippen molar-refractivity contribution in [1.82, 2.24) is 0 Å². The predicted molar refractivity (Wildman–Crippen MR) is 357 cm³/mol. The van der Waals surface area contributed by atoms with Gasteiger partial charge in [-0.05, 0) is 161 Å². The van der Waals surface area contributed by atoms with Crippen LogP contribution in [0, 0.1) is 0 Å². The summed E-state index contributed by atoms with van der Waals surface area (Å²) in [5.41, 5.74) is 0. The third kappa shape index (κ3) is 65.3. The zero-order chi connectivity index (χ0) is 59.2. The molecule has 0 bridgehead atoms. The van der Waals surface area contributed by atoms with Crippen LogP contribution >= 0.6 is 0 Å². The van der Waals surface area contributed by atoms with Gasteiger partial charge in [0.15, 0.2) is 6.10 Å². The first-order chi connectivity index (χ1) is 40.5. The van der Waals surface area contributed by atoms with E-state index in [4.69, 9.17) is 14.2 Å². The van der Waals surface area contributed by atoms with Gasteiger partial charge in [-0.1, -0.05) is 261 Å². The van der Waals surface area contributed by atoms with Crippen LogP contribution in [0.4, 0.5) is 0 Å². The molecule has 6 heteroatoms. The lowest BCUT2D eigenvalue weighted by molar-refractivity contribution is -0.167. The van der Waals surface area contributed by atoms with Gasteiger partial charge in [0.05, 0.1) is 0 Å². The van der Waals surface area contributed by atoms with Crippen LogP contribution in [0.5, 0.6) is 0 Å². The molecule has 0 spiro atoms. The number of esters is 3. The van der Waals surface area contributed by atoms with Crippen LogP contribution in [-0.4, -0.2) is 37.2 Å². The Hall–Kier alpha value is -5.49. The number of hydrogen-bond donors (Lipinski definition) is 0. The Labute approximate surface area is 504 Å². The Morgan fingerprint density at radius 1 is 0.256 bits per heavy atom. The van der Waals surface area contributed by atoms with Crippen LogP contribution in [0.3, 0.4) is 0 Å². The van der Waals surface area contributed by atoms with E-state index in [0.29, 0.717) is 19.3 Å². The first kappa shape index (κ1) is 76.5. The van der Waals surface area contributed by atoms with Gasteiger partial charge in [-0.15, -0.1) is 0 Å². The van der Waals surface area contributed by atoms with Crippen LogP contribution < -0.4 is 0 Å². The maximum Gasteiger partial charge on any atom is 0.306 e. The maximum atomic E-state index is 12.9. The summed E-state index contributed by atoms with van der Waals surface area (Å²) in [7, 11) is 0. The number of hydrogen-bond acceptors (Lipinski definition) is 6. The van der Waals surface area contributed by atoms with E-state index in [-0.39, 0.29) is 37.5 Å². The molecule has 0 aromatic heterocycles. The first-order valence-corrected chi connectivity index (χ1v) is 32.8. The van der Waals surface area contributed by atoms with Gasteiger partial charge in [0, 0.05) is 19.3 Å². The second-order valence-electron chi connectivity index (χ2n) is 20.9. The average molecular weight is 1130 g/mol. The second kappa shape index (κ2) is 68.0. The molecule has 82 heavy (non-hydrogen) atoms. The van der Waals surface area contributed by atoms with E-state index >= 15 is 0 Å². The van der Waals surface area contributed by atoms with Crippen molar-refractivity contribution in [2.45, 2.75) is 264 Å². The van der Waals surface area contributed by atoms with E-state index in [2.05, 4.69) is 203 Å². The van der Waals surface area contributed by atoms with Gasteiger partial charge in [-0.3, -0.25) is 14.4 Å². The molecular formula is C76H118O6. The largest absolute Gasteiger partial charge is 0.462 e. The molecule has 0 aliphatic heterocycles. The molecule has 0 aromatic rings. The molecule has 0 amide bonds. The van der Waals surface area contributed by atoms with Crippen LogP contribution in [-0.2, 0) is 28.6 Å². The lowest BCUT2D eigenvalue weighted by atomic mass is 10.1. The standard InChI is InChI=1S/C76H118O6/c1-4-7-10-13-16-19-22-25-27-29-31-33-35-37-38-40-41-43-45-47-49-51-54-57-60-63-66-69-75(78)81-72-73(71-80-74(77)68-65-62-59-56-53-24-21-18-15-12-9-6-3)82-76(79)70-67-64-61-58-55-52-50-48-46-44-42-39-36-34-32-30-28-26-23-20-17-14-11-8-5-2/h7-8,10-11,16-21,25-28,31-34,37-39,41-43,46-49,54,57,73H,4-6,9,12-15,22-24,29-30,35-36,40,44-45,50-53,55-56,58-72H2,1-3H3/b10-7-,11-8-,19-16-,20-17-,21-18-,27-25-,28-26-,33-31-,34-32-,38-37-,42-39-,43-41-,48-46-,49-47-,57-54-. The van der Waals surface area contributed by atoms with Gasteiger partial charge in [0.2, 0.25) is 0 Å². The Balaban J connectivity index is 4.48. The molecule has 1 unspecified atom stereocenters. The molecule has 0 rings (SSSR count). The predicted octanol–water partition coefficient (Wildman–Crippen LogP) is 22.8. The Morgan fingerprint density at radius 2 is 0.476 bits per heavy atom. The maximum absolute atomic E-state index is 12.9. The summed E-state index contributed by atoms with van der Waals surface area (Å²) in [6.07, 6.45) is 102. The fourth-order valence-corrected chi connectivity index (χ4v) is 8.28. The summed E-state index contributed by atoms with van der Waals surface area (Å²) in [5.74, 6) is -0.987. The molecule has 0 aliphatic carbocycles. The van der Waals surface area contributed by atoms with Gasteiger partial charge in [0.1, 0.15) is 13.2 Å². The van der Waals surface area contributed by atoms with Gasteiger partial charge < -0.3 is 14.2 Å². The van der Waals surface area contributed by atoms with Crippen molar-refractivity contribution < 1.29 is 28.6 Å². The zero-order valence-electron chi connectivity index (χ0n) is 52.4. The van der Waals surface area contributed by atoms with Gasteiger partial charge >= 0.3 is 17.9 Å². The van der Waals surface area contributed by atoms with Crippen molar-refractivity contribution in [2.75, 3.05) is 13.2 Å². The molecule has 0 aromatic carbocycles. The molecule has 0 heterocycles. The Morgan fingerprint density at radius 3 is 0.780 bits per heavy atom. The van der Waals surface area contributed by atoms with Crippen LogP contribution in [0.1, 0.15) is 258 Å². The van der Waals surface area contributed by atoms with E-state index in [9.17, 15) is 14.4 Å². The van der Waals surface area contributed by atoms with Crippen molar-refractivity contribution >= 4 is 17.9 Å². The normalized spacial score (nSPS) is 13.4. The number of unbranched alkanes of at least 4 members (excludes halogenated alkanes) is 16. The lowest BCUT2D eigenvalue weighted by Gasteiger charge is -2.18. The van der Waals surface area contributed by atoms with Crippen molar-refractivity contribution in [1.29, 1.82) is 0 Å². The number of carbonyl (C=O) groups excluding carboxylic acids is 3. The summed E-state index contributed by atoms with van der Waals surface area (Å²) in [5, 5.41) is 0. The average Bonchev–Trinajstić information content (AvgIpc) is 3.47. The highest BCUT2D eigenvalue weighted by atomic mass is 16.6. The van der Waals surface area contributed by atoms with E-state index < -0.39 is 6.10 Å². The monoisotopic (exact) mass is 1130 g/mol. The van der Waals surface area contributed by atoms with E-state index in [1.165, 1.54) is 44.9 Å². The molecule has 6 nitrogen and oxygen atoms in total. The Kier molecular flexibility index (Phi) is 63.5. The second-order valence-corrected chi connectivity index (χ2v) is 20.9. The molecule has 1 atom stereocenters. The third-order valence-electron chi connectivity index (χ3n) is 13.1. The highest BCUT2D eigenvalue weighted by Gasteiger charge is 2.19. The van der Waals surface area contributed by atoms with Crippen LogP contribution in [0.25, 0.3) is 0 Å². The zero-order valence-corrected chi connectivity index (χ0v) is 52.4. The summed E-state index contributed by atoms with van der Waals surface area (Å²) < 4.78 is 16.9. The van der Waals surface area contributed by atoms with Crippen LogP contribution in [0.2, 0.25) is 0 Å². The minimum atomic E-state index is -0.820. The number of rotatable bonds is 57. The highest BCUT2D eigenvalue weighted by molar-refractivity contribution is 5.71. The summed E-state index contributed by atoms with van der Waals surface area (Å²) >= 11 is 0. The molecule has 0 radical (unpaired) electrons. The molecule has 0 fully saturated rings. The smallest absolute Gasteiger partial charge is 0.306 e. The van der Waals surface area contributed by atoms with Crippen molar-refractivity contribution in [3.05, 3.63) is 182 Å². The van der Waals surface area contributed by atoms with E-state index in [0.717, 1.165) is 167 Å². The molecule has 0 N–H and O–H groups in total. The number of carbonyl (C=O) groups is 3.